The van der Waals surface area contributed by atoms with Crippen molar-refractivity contribution in [1.82, 2.24) is 0 Å². The van der Waals surface area contributed by atoms with Crippen molar-refractivity contribution in [3.05, 3.63) is 69.2 Å². The van der Waals surface area contributed by atoms with E-state index in [2.05, 4.69) is 5.32 Å². The third-order valence-corrected chi connectivity index (χ3v) is 3.97. The number of anilines is 1. The molecule has 7 heteroatoms. The number of hydrogen-bond donors (Lipinski definition) is 1. The summed E-state index contributed by atoms with van der Waals surface area (Å²) in [6, 6.07) is 13.3. The average Bonchev–Trinajstić information content (AvgIpc) is 2.47. The Morgan fingerprint density at radius 2 is 2.00 bits per heavy atom. The highest BCUT2D eigenvalue weighted by atomic mass is 35.5. The van der Waals surface area contributed by atoms with Crippen molar-refractivity contribution in [2.24, 2.45) is 0 Å². The Labute approximate surface area is 136 Å². The maximum absolute atomic E-state index is 11.8. The minimum atomic E-state index is -0.496. The molecule has 2 aromatic rings. The lowest BCUT2D eigenvalue weighted by molar-refractivity contribution is -0.384. The molecule has 0 aliphatic carbocycles. The minimum Gasteiger partial charge on any atom is -0.325 e. The number of carbonyl (C=O) groups excluding carboxylic acids is 1. The Kier molecular flexibility index (Phi) is 5.80. The van der Waals surface area contributed by atoms with Crippen molar-refractivity contribution in [1.29, 1.82) is 0 Å². The third kappa shape index (κ3) is 5.05. The number of rotatable bonds is 6. The fourth-order valence-corrected chi connectivity index (χ4v) is 2.77. The van der Waals surface area contributed by atoms with Gasteiger partial charge in [-0.25, -0.2) is 0 Å². The molecule has 2 aromatic carbocycles. The molecule has 0 bridgehead atoms. The molecule has 22 heavy (non-hydrogen) atoms. The maximum Gasteiger partial charge on any atom is 0.271 e. The summed E-state index contributed by atoms with van der Waals surface area (Å²) in [5.74, 6) is 0.727. The van der Waals surface area contributed by atoms with Gasteiger partial charge in [-0.15, -0.1) is 11.8 Å². The van der Waals surface area contributed by atoms with Crippen LogP contribution in [0.15, 0.2) is 48.5 Å². The SMILES string of the molecule is O=C(CSCc1cccc(Cl)c1)Nc1cccc([N+](=O)[O-])c1. The fourth-order valence-electron chi connectivity index (χ4n) is 1.78. The number of nitrogens with one attached hydrogen (secondary N) is 1. The molecule has 0 aromatic heterocycles. The number of nitrogens with zero attached hydrogens (tertiary/aromatic N) is 1. The molecule has 0 atom stereocenters. The lowest BCUT2D eigenvalue weighted by atomic mass is 10.2. The second kappa shape index (κ2) is 7.82. The van der Waals surface area contributed by atoms with Crippen molar-refractivity contribution in [2.75, 3.05) is 11.1 Å². The third-order valence-electron chi connectivity index (χ3n) is 2.73. The normalized spacial score (nSPS) is 10.2. The number of benzene rings is 2. The standard InChI is InChI=1S/C15H13ClN2O3S/c16-12-4-1-3-11(7-12)9-22-10-15(19)17-13-5-2-6-14(8-13)18(20)21/h1-8H,9-10H2,(H,17,19). The van der Waals surface area contributed by atoms with Gasteiger partial charge < -0.3 is 5.32 Å². The van der Waals surface area contributed by atoms with Gasteiger partial charge in [0.25, 0.3) is 5.69 Å². The molecule has 0 aliphatic heterocycles. The predicted octanol–water partition coefficient (Wildman–Crippen LogP) is 4.12. The van der Waals surface area contributed by atoms with Crippen LogP contribution >= 0.6 is 23.4 Å². The number of hydrogen-bond acceptors (Lipinski definition) is 4. The summed E-state index contributed by atoms with van der Waals surface area (Å²) in [5, 5.41) is 14.0. The molecule has 0 saturated carbocycles. The van der Waals surface area contributed by atoms with Crippen LogP contribution in [-0.2, 0) is 10.5 Å². The molecular weight excluding hydrogens is 324 g/mol. The zero-order valence-electron chi connectivity index (χ0n) is 11.5. The van der Waals surface area contributed by atoms with E-state index in [1.165, 1.54) is 30.0 Å². The highest BCUT2D eigenvalue weighted by molar-refractivity contribution is 7.99. The molecular formula is C15H13ClN2O3S. The van der Waals surface area contributed by atoms with Crippen LogP contribution in [-0.4, -0.2) is 16.6 Å². The first kappa shape index (κ1) is 16.3. The molecule has 1 amide bonds. The smallest absolute Gasteiger partial charge is 0.271 e. The zero-order chi connectivity index (χ0) is 15.9. The summed E-state index contributed by atoms with van der Waals surface area (Å²) in [6.07, 6.45) is 0. The van der Waals surface area contributed by atoms with Crippen LogP contribution in [0.25, 0.3) is 0 Å². The number of non-ortho nitro benzene ring substituents is 1. The molecule has 2 rings (SSSR count). The van der Waals surface area contributed by atoms with Crippen molar-refractivity contribution in [3.63, 3.8) is 0 Å². The lowest BCUT2D eigenvalue weighted by Crippen LogP contribution is -2.14. The summed E-state index contributed by atoms with van der Waals surface area (Å²) in [6.45, 7) is 0. The number of carbonyl (C=O) groups is 1. The van der Waals surface area contributed by atoms with E-state index < -0.39 is 4.92 Å². The second-order valence-corrected chi connectivity index (χ2v) is 5.90. The van der Waals surface area contributed by atoms with Crippen LogP contribution in [0.1, 0.15) is 5.56 Å². The summed E-state index contributed by atoms with van der Waals surface area (Å²) in [7, 11) is 0. The van der Waals surface area contributed by atoms with Crippen LogP contribution in [0.2, 0.25) is 5.02 Å². The van der Waals surface area contributed by atoms with Crippen molar-refractivity contribution >= 4 is 40.6 Å². The quantitative estimate of drug-likeness (QED) is 0.636. The van der Waals surface area contributed by atoms with Gasteiger partial charge >= 0.3 is 0 Å². The van der Waals surface area contributed by atoms with Gasteiger partial charge in [-0.1, -0.05) is 29.8 Å². The van der Waals surface area contributed by atoms with Gasteiger partial charge in [0.1, 0.15) is 0 Å². The second-order valence-electron chi connectivity index (χ2n) is 4.48. The largest absolute Gasteiger partial charge is 0.325 e. The molecule has 0 radical (unpaired) electrons. The summed E-state index contributed by atoms with van der Waals surface area (Å²) < 4.78 is 0. The van der Waals surface area contributed by atoms with E-state index in [0.29, 0.717) is 16.5 Å². The van der Waals surface area contributed by atoms with Crippen molar-refractivity contribution in [2.45, 2.75) is 5.75 Å². The van der Waals surface area contributed by atoms with E-state index in [0.717, 1.165) is 5.56 Å². The van der Waals surface area contributed by atoms with Gasteiger partial charge in [0.05, 0.1) is 10.7 Å². The van der Waals surface area contributed by atoms with E-state index in [-0.39, 0.29) is 17.3 Å². The Morgan fingerprint density at radius 1 is 1.23 bits per heavy atom. The number of nitro groups is 1. The first-order valence-corrected chi connectivity index (χ1v) is 7.94. The van der Waals surface area contributed by atoms with Crippen LogP contribution in [0.3, 0.4) is 0 Å². The molecule has 0 aliphatic rings. The Morgan fingerprint density at radius 3 is 2.73 bits per heavy atom. The van der Waals surface area contributed by atoms with Crippen molar-refractivity contribution in [3.8, 4) is 0 Å². The Hall–Kier alpha value is -2.05. The molecule has 0 fully saturated rings. The van der Waals surface area contributed by atoms with Gasteiger partial charge in [-0.2, -0.15) is 0 Å². The summed E-state index contributed by atoms with van der Waals surface area (Å²) in [4.78, 5) is 22.0. The number of nitro benzene ring substituents is 1. The lowest BCUT2D eigenvalue weighted by Gasteiger charge is -2.05. The molecule has 1 N–H and O–H groups in total. The Balaban J connectivity index is 1.83. The van der Waals surface area contributed by atoms with Gasteiger partial charge in [-0.3, -0.25) is 14.9 Å². The number of halogens is 1. The number of thioether (sulfide) groups is 1. The van der Waals surface area contributed by atoms with Gasteiger partial charge in [0, 0.05) is 28.6 Å². The van der Waals surface area contributed by atoms with E-state index in [1.54, 1.807) is 12.1 Å². The Bertz CT molecular complexity index is 694. The minimum absolute atomic E-state index is 0.0515. The van der Waals surface area contributed by atoms with Gasteiger partial charge in [-0.05, 0) is 23.8 Å². The molecule has 114 valence electrons. The average molecular weight is 337 g/mol. The van der Waals surface area contributed by atoms with E-state index >= 15 is 0 Å². The first-order chi connectivity index (χ1) is 10.5. The van der Waals surface area contributed by atoms with Gasteiger partial charge in [0.15, 0.2) is 0 Å². The first-order valence-electron chi connectivity index (χ1n) is 6.41. The fraction of sp³-hybridized carbons (Fsp3) is 0.133. The predicted molar refractivity (Wildman–Crippen MR) is 89.3 cm³/mol. The van der Waals surface area contributed by atoms with Crippen LogP contribution < -0.4 is 5.32 Å². The number of amides is 1. The topological polar surface area (TPSA) is 72.2 Å². The van der Waals surface area contributed by atoms with E-state index in [4.69, 9.17) is 11.6 Å². The highest BCUT2D eigenvalue weighted by Crippen LogP contribution is 2.19. The molecule has 0 unspecified atom stereocenters. The molecule has 0 heterocycles. The zero-order valence-corrected chi connectivity index (χ0v) is 13.1. The van der Waals surface area contributed by atoms with E-state index in [1.807, 2.05) is 18.2 Å². The van der Waals surface area contributed by atoms with E-state index in [9.17, 15) is 14.9 Å². The monoisotopic (exact) mass is 336 g/mol. The summed E-state index contributed by atoms with van der Waals surface area (Å²) >= 11 is 7.34. The van der Waals surface area contributed by atoms with Crippen LogP contribution in [0.5, 0.6) is 0 Å². The molecule has 0 saturated heterocycles. The maximum atomic E-state index is 11.8. The molecule has 5 nitrogen and oxygen atoms in total. The highest BCUT2D eigenvalue weighted by Gasteiger charge is 2.08. The molecule has 0 spiro atoms. The van der Waals surface area contributed by atoms with Crippen LogP contribution in [0.4, 0.5) is 11.4 Å². The van der Waals surface area contributed by atoms with Crippen molar-refractivity contribution < 1.29 is 9.72 Å². The summed E-state index contributed by atoms with van der Waals surface area (Å²) in [5.41, 5.74) is 1.41. The van der Waals surface area contributed by atoms with Gasteiger partial charge in [0.2, 0.25) is 5.91 Å². The van der Waals surface area contributed by atoms with Crippen LogP contribution in [0, 0.1) is 10.1 Å².